The molecule has 2 aliphatic heterocycles. The molecular formula is C21H26N4O. The van der Waals surface area contributed by atoms with Crippen LogP contribution in [0.4, 0.5) is 5.95 Å². The van der Waals surface area contributed by atoms with Crippen molar-refractivity contribution in [3.63, 3.8) is 0 Å². The van der Waals surface area contributed by atoms with Gasteiger partial charge in [0.25, 0.3) is 0 Å². The summed E-state index contributed by atoms with van der Waals surface area (Å²) >= 11 is 0. The molecule has 26 heavy (non-hydrogen) atoms. The van der Waals surface area contributed by atoms with Crippen molar-refractivity contribution < 1.29 is 4.79 Å². The maximum absolute atomic E-state index is 12.4. The Kier molecular flexibility index (Phi) is 4.87. The Morgan fingerprint density at radius 1 is 0.962 bits per heavy atom. The van der Waals surface area contributed by atoms with Gasteiger partial charge in [-0.2, -0.15) is 0 Å². The zero-order valence-electron chi connectivity index (χ0n) is 15.2. The molecule has 3 heterocycles. The van der Waals surface area contributed by atoms with Crippen LogP contribution in [-0.2, 0) is 11.2 Å². The topological polar surface area (TPSA) is 49.3 Å². The summed E-state index contributed by atoms with van der Waals surface area (Å²) in [5, 5.41) is 0. The Bertz CT molecular complexity index is 726. The van der Waals surface area contributed by atoms with E-state index in [1.54, 1.807) is 12.4 Å². The van der Waals surface area contributed by atoms with Crippen LogP contribution in [0, 0.1) is 5.41 Å². The molecule has 1 spiro atoms. The van der Waals surface area contributed by atoms with Gasteiger partial charge in [-0.3, -0.25) is 4.79 Å². The fraction of sp³-hybridized carbons (Fsp3) is 0.476. The van der Waals surface area contributed by atoms with E-state index in [0.29, 0.717) is 12.3 Å². The lowest BCUT2D eigenvalue weighted by molar-refractivity contribution is -0.138. The lowest BCUT2D eigenvalue weighted by Crippen LogP contribution is -2.52. The average Bonchev–Trinajstić information content (AvgIpc) is 2.71. The number of aromatic nitrogens is 2. The molecule has 2 aliphatic rings. The maximum atomic E-state index is 12.4. The van der Waals surface area contributed by atoms with Gasteiger partial charge in [0, 0.05) is 45.0 Å². The van der Waals surface area contributed by atoms with Crippen LogP contribution in [0.25, 0.3) is 0 Å². The normalized spacial score (nSPS) is 19.8. The molecule has 0 aliphatic carbocycles. The summed E-state index contributed by atoms with van der Waals surface area (Å²) < 4.78 is 0. The Labute approximate surface area is 155 Å². The highest BCUT2D eigenvalue weighted by molar-refractivity contribution is 5.77. The van der Waals surface area contributed by atoms with Crippen LogP contribution in [-0.4, -0.2) is 47.0 Å². The van der Waals surface area contributed by atoms with E-state index in [1.807, 2.05) is 12.1 Å². The molecule has 5 nitrogen and oxygen atoms in total. The zero-order chi connectivity index (χ0) is 17.8. The number of hydrogen-bond acceptors (Lipinski definition) is 4. The minimum Gasteiger partial charge on any atom is -0.342 e. The highest BCUT2D eigenvalue weighted by Crippen LogP contribution is 2.40. The molecule has 2 fully saturated rings. The van der Waals surface area contributed by atoms with Crippen LogP contribution in [0.3, 0.4) is 0 Å². The molecular weight excluding hydrogens is 324 g/mol. The standard InChI is InChI=1S/C21H26N4O/c26-19-7-9-21(17-25(19)14-8-18-5-2-1-3-6-18)10-15-24(16-11-21)20-22-12-4-13-23-20/h1-6,12-13H,7-11,14-17H2. The van der Waals surface area contributed by atoms with Crippen LogP contribution in [0.1, 0.15) is 31.2 Å². The molecule has 1 amide bonds. The summed E-state index contributed by atoms with van der Waals surface area (Å²) in [5.41, 5.74) is 1.58. The van der Waals surface area contributed by atoms with E-state index in [1.165, 1.54) is 5.56 Å². The Balaban J connectivity index is 1.36. The van der Waals surface area contributed by atoms with E-state index in [9.17, 15) is 4.79 Å². The fourth-order valence-corrected chi connectivity index (χ4v) is 4.26. The number of rotatable bonds is 4. The summed E-state index contributed by atoms with van der Waals surface area (Å²) in [5.74, 6) is 1.15. The third kappa shape index (κ3) is 3.71. The number of piperidine rings is 2. The molecule has 2 saturated heterocycles. The number of carbonyl (C=O) groups is 1. The van der Waals surface area contributed by atoms with E-state index in [0.717, 1.165) is 57.8 Å². The summed E-state index contributed by atoms with van der Waals surface area (Å²) in [7, 11) is 0. The van der Waals surface area contributed by atoms with Crippen molar-refractivity contribution in [2.45, 2.75) is 32.1 Å². The summed E-state index contributed by atoms with van der Waals surface area (Å²) in [6.07, 6.45) is 8.48. The zero-order valence-corrected chi connectivity index (χ0v) is 15.2. The maximum Gasteiger partial charge on any atom is 0.225 e. The first kappa shape index (κ1) is 17.0. The van der Waals surface area contributed by atoms with Gasteiger partial charge < -0.3 is 9.80 Å². The van der Waals surface area contributed by atoms with Gasteiger partial charge in [-0.15, -0.1) is 0 Å². The summed E-state index contributed by atoms with van der Waals surface area (Å²) in [6, 6.07) is 12.3. The van der Waals surface area contributed by atoms with E-state index in [4.69, 9.17) is 0 Å². The monoisotopic (exact) mass is 350 g/mol. The van der Waals surface area contributed by atoms with Gasteiger partial charge in [0.1, 0.15) is 0 Å². The largest absolute Gasteiger partial charge is 0.342 e. The first-order chi connectivity index (χ1) is 12.7. The fourth-order valence-electron chi connectivity index (χ4n) is 4.26. The Morgan fingerprint density at radius 2 is 1.69 bits per heavy atom. The van der Waals surface area contributed by atoms with Gasteiger partial charge in [-0.05, 0) is 42.7 Å². The van der Waals surface area contributed by atoms with Crippen LogP contribution in [0.15, 0.2) is 48.8 Å². The van der Waals surface area contributed by atoms with Gasteiger partial charge in [0.2, 0.25) is 11.9 Å². The number of hydrogen-bond donors (Lipinski definition) is 0. The number of carbonyl (C=O) groups excluding carboxylic acids is 1. The van der Waals surface area contributed by atoms with Crippen molar-refractivity contribution in [2.24, 2.45) is 5.41 Å². The molecule has 0 N–H and O–H groups in total. The van der Waals surface area contributed by atoms with Gasteiger partial charge >= 0.3 is 0 Å². The molecule has 0 atom stereocenters. The first-order valence-corrected chi connectivity index (χ1v) is 9.58. The number of benzene rings is 1. The number of anilines is 1. The predicted molar refractivity (Wildman–Crippen MR) is 102 cm³/mol. The van der Waals surface area contributed by atoms with Crippen molar-refractivity contribution in [3.8, 4) is 0 Å². The minimum atomic E-state index is 0.274. The van der Waals surface area contributed by atoms with E-state index < -0.39 is 0 Å². The lowest BCUT2D eigenvalue weighted by Gasteiger charge is -2.47. The second kappa shape index (κ2) is 7.44. The molecule has 1 aromatic heterocycles. The van der Waals surface area contributed by atoms with Crippen molar-refractivity contribution in [1.29, 1.82) is 0 Å². The van der Waals surface area contributed by atoms with Crippen LogP contribution >= 0.6 is 0 Å². The predicted octanol–water partition coefficient (Wildman–Crippen LogP) is 2.93. The van der Waals surface area contributed by atoms with E-state index in [2.05, 4.69) is 44.0 Å². The number of likely N-dealkylation sites (tertiary alicyclic amines) is 1. The lowest BCUT2D eigenvalue weighted by atomic mass is 9.72. The van der Waals surface area contributed by atoms with Gasteiger partial charge in [-0.25, -0.2) is 9.97 Å². The van der Waals surface area contributed by atoms with Crippen molar-refractivity contribution in [1.82, 2.24) is 14.9 Å². The molecule has 0 saturated carbocycles. The van der Waals surface area contributed by atoms with Gasteiger partial charge in [0.05, 0.1) is 0 Å². The molecule has 2 aromatic rings. The summed E-state index contributed by atoms with van der Waals surface area (Å²) in [6.45, 7) is 3.69. The first-order valence-electron chi connectivity index (χ1n) is 9.58. The van der Waals surface area contributed by atoms with E-state index in [-0.39, 0.29) is 5.41 Å². The average molecular weight is 350 g/mol. The molecule has 1 aromatic carbocycles. The smallest absolute Gasteiger partial charge is 0.225 e. The van der Waals surface area contributed by atoms with Gasteiger partial charge in [-0.1, -0.05) is 30.3 Å². The highest BCUT2D eigenvalue weighted by atomic mass is 16.2. The minimum absolute atomic E-state index is 0.274. The Hall–Kier alpha value is -2.43. The van der Waals surface area contributed by atoms with Crippen molar-refractivity contribution >= 4 is 11.9 Å². The Morgan fingerprint density at radius 3 is 2.42 bits per heavy atom. The van der Waals surface area contributed by atoms with Crippen molar-refractivity contribution in [2.75, 3.05) is 31.1 Å². The second-order valence-electron chi connectivity index (χ2n) is 7.59. The third-order valence-electron chi connectivity index (χ3n) is 5.92. The molecule has 0 bridgehead atoms. The second-order valence-corrected chi connectivity index (χ2v) is 7.59. The molecule has 0 radical (unpaired) electrons. The van der Waals surface area contributed by atoms with E-state index >= 15 is 0 Å². The van der Waals surface area contributed by atoms with Crippen LogP contribution in [0.5, 0.6) is 0 Å². The molecule has 0 unspecified atom stereocenters. The molecule has 5 heteroatoms. The van der Waals surface area contributed by atoms with Crippen molar-refractivity contribution in [3.05, 3.63) is 54.4 Å². The third-order valence-corrected chi connectivity index (χ3v) is 5.92. The molecule has 4 rings (SSSR count). The van der Waals surface area contributed by atoms with Gasteiger partial charge in [0.15, 0.2) is 0 Å². The SMILES string of the molecule is O=C1CCC2(CCN(c3ncccn3)CC2)CN1CCc1ccccc1. The molecule has 136 valence electrons. The van der Waals surface area contributed by atoms with Crippen LogP contribution < -0.4 is 4.90 Å². The number of amides is 1. The number of nitrogens with zero attached hydrogens (tertiary/aromatic N) is 4. The van der Waals surface area contributed by atoms with Crippen LogP contribution in [0.2, 0.25) is 0 Å². The quantitative estimate of drug-likeness (QED) is 0.851. The summed E-state index contributed by atoms with van der Waals surface area (Å²) in [4.78, 5) is 25.6. The highest BCUT2D eigenvalue weighted by Gasteiger charge is 2.41.